The lowest BCUT2D eigenvalue weighted by Crippen LogP contribution is -2.26. The van der Waals surface area contributed by atoms with Crippen molar-refractivity contribution in [2.75, 3.05) is 38.1 Å². The van der Waals surface area contributed by atoms with Gasteiger partial charge >= 0.3 is 11.9 Å². The number of carbonyl (C=O) groups is 4. The normalized spacial score (nSPS) is 15.7. The van der Waals surface area contributed by atoms with Crippen LogP contribution >= 0.6 is 0 Å². The lowest BCUT2D eigenvalue weighted by molar-refractivity contribution is 0.0591. The van der Waals surface area contributed by atoms with E-state index in [1.165, 1.54) is 14.2 Å². The predicted octanol–water partition coefficient (Wildman–Crippen LogP) is 5.42. The van der Waals surface area contributed by atoms with Crippen molar-refractivity contribution < 1.29 is 38.1 Å². The van der Waals surface area contributed by atoms with Crippen molar-refractivity contribution in [3.05, 3.63) is 82.5 Å². The Bertz CT molecular complexity index is 2490. The molecule has 0 radical (unpaired) electrons. The first-order valence-corrected chi connectivity index (χ1v) is 18.9. The summed E-state index contributed by atoms with van der Waals surface area (Å²) in [7, 11) is 2.61. The van der Waals surface area contributed by atoms with E-state index >= 15 is 0 Å². The number of hydrogen-bond acceptors (Lipinski definition) is 12. The number of amides is 2. The van der Waals surface area contributed by atoms with Crippen molar-refractivity contribution >= 4 is 57.7 Å². The lowest BCUT2D eigenvalue weighted by atomic mass is 10.1. The van der Waals surface area contributed by atoms with Gasteiger partial charge in [-0.05, 0) is 76.9 Å². The average molecular weight is 791 g/mol. The lowest BCUT2D eigenvalue weighted by Gasteiger charge is -2.27. The molecule has 2 aromatic carbocycles. The molecular formula is C40H42N10O8. The van der Waals surface area contributed by atoms with Crippen molar-refractivity contribution in [1.82, 2.24) is 38.7 Å². The number of nitrogens with zero attached hydrogens (tertiary/aromatic N) is 8. The Balaban J connectivity index is 1.09. The summed E-state index contributed by atoms with van der Waals surface area (Å²) in [6.07, 6.45) is 5.04. The van der Waals surface area contributed by atoms with Crippen LogP contribution in [-0.2, 0) is 22.6 Å². The summed E-state index contributed by atoms with van der Waals surface area (Å²) < 4.78 is 29.5. The van der Waals surface area contributed by atoms with Gasteiger partial charge in [-0.15, -0.1) is 0 Å². The predicted molar refractivity (Wildman–Crippen MR) is 211 cm³/mol. The minimum Gasteiger partial charge on any atom is -0.489 e. The number of ether oxygens (including phenoxy) is 4. The molecule has 18 heteroatoms. The van der Waals surface area contributed by atoms with Crippen LogP contribution in [0.15, 0.2) is 48.6 Å². The van der Waals surface area contributed by atoms with Gasteiger partial charge in [-0.2, -0.15) is 10.2 Å². The minimum atomic E-state index is -0.534. The maximum atomic E-state index is 13.6. The van der Waals surface area contributed by atoms with Crippen LogP contribution in [0, 0.1) is 13.8 Å². The monoisotopic (exact) mass is 790 g/mol. The fourth-order valence-electron chi connectivity index (χ4n) is 7.61. The molecule has 0 spiro atoms. The van der Waals surface area contributed by atoms with Crippen LogP contribution in [0.3, 0.4) is 0 Å². The first-order valence-electron chi connectivity index (χ1n) is 18.9. The summed E-state index contributed by atoms with van der Waals surface area (Å²) in [4.78, 5) is 61.8. The zero-order valence-electron chi connectivity index (χ0n) is 32.9. The van der Waals surface area contributed by atoms with Crippen LogP contribution < -0.4 is 20.1 Å². The molecule has 0 unspecified atom stereocenters. The Labute approximate surface area is 331 Å². The van der Waals surface area contributed by atoms with Gasteiger partial charge in [0.25, 0.3) is 11.8 Å². The number of methoxy groups -OCH3 is 2. The highest BCUT2D eigenvalue weighted by Gasteiger charge is 2.32. The maximum absolute atomic E-state index is 13.6. The third-order valence-electron chi connectivity index (χ3n) is 10.2. The van der Waals surface area contributed by atoms with E-state index in [1.807, 2.05) is 49.0 Å². The molecule has 0 saturated heterocycles. The van der Waals surface area contributed by atoms with E-state index in [4.69, 9.17) is 28.9 Å². The molecule has 300 valence electrons. The van der Waals surface area contributed by atoms with E-state index in [0.29, 0.717) is 94.2 Å². The number of benzene rings is 2. The van der Waals surface area contributed by atoms with Crippen molar-refractivity contribution in [3.63, 3.8) is 0 Å². The second-order valence-electron chi connectivity index (χ2n) is 14.0. The zero-order chi connectivity index (χ0) is 40.8. The van der Waals surface area contributed by atoms with Gasteiger partial charge in [-0.25, -0.2) is 19.6 Å². The van der Waals surface area contributed by atoms with Crippen molar-refractivity contribution in [2.45, 2.75) is 65.7 Å². The Morgan fingerprint density at radius 1 is 0.690 bits per heavy atom. The van der Waals surface area contributed by atoms with Crippen LogP contribution in [0.4, 0.5) is 11.9 Å². The number of allylic oxidation sites excluding steroid dienone is 2. The molecular weight excluding hydrogens is 749 g/mol. The number of rotatable bonds is 12. The summed E-state index contributed by atoms with van der Waals surface area (Å²) in [6, 6.07) is 9.35. The first kappa shape index (κ1) is 37.9. The van der Waals surface area contributed by atoms with Gasteiger partial charge in [0.05, 0.1) is 59.9 Å². The molecule has 2 amide bonds. The number of esters is 2. The van der Waals surface area contributed by atoms with E-state index in [0.717, 1.165) is 0 Å². The number of aromatic nitrogens is 8. The molecule has 6 aromatic rings. The van der Waals surface area contributed by atoms with Gasteiger partial charge in [0.2, 0.25) is 11.9 Å². The standard InChI is InChI=1S/C40H42N10O8/c1-7-47-29(13-21(3)45-47)35(51)43-39-41-27-15-23(37(53)55-5)17-31-33(27)49(39)25(19-57-31)11-9-10-12-26-20-58-32-18-24(38(54)56-6)16-28-34(32)50(26)40(42-28)44-36(52)30-14-22(4)46-48(30)8-2/h9-10,13-18,25-26H,7-8,11-12,19-20H2,1-6H3,(H,41,43,51)(H,42,44,52)/b10-9+/t25-,26-/m0/s1. The molecule has 0 fully saturated rings. The van der Waals surface area contributed by atoms with E-state index in [-0.39, 0.29) is 48.2 Å². The minimum absolute atomic E-state index is 0.233. The quantitative estimate of drug-likeness (QED) is 0.118. The second-order valence-corrected chi connectivity index (χ2v) is 14.0. The Morgan fingerprint density at radius 2 is 1.10 bits per heavy atom. The van der Waals surface area contributed by atoms with Gasteiger partial charge in [0.15, 0.2) is 0 Å². The summed E-state index contributed by atoms with van der Waals surface area (Å²) in [6.45, 7) is 8.96. The van der Waals surface area contributed by atoms with E-state index < -0.39 is 11.9 Å². The van der Waals surface area contributed by atoms with Gasteiger partial charge < -0.3 is 18.9 Å². The van der Waals surface area contributed by atoms with Crippen molar-refractivity contribution in [1.29, 1.82) is 0 Å². The summed E-state index contributed by atoms with van der Waals surface area (Å²) in [5.41, 5.74) is 4.97. The number of carbonyl (C=O) groups excluding carboxylic acids is 4. The van der Waals surface area contributed by atoms with Crippen LogP contribution in [0.5, 0.6) is 11.5 Å². The van der Waals surface area contributed by atoms with Crippen molar-refractivity contribution in [2.24, 2.45) is 0 Å². The summed E-state index contributed by atoms with van der Waals surface area (Å²) in [5, 5.41) is 14.8. The molecule has 18 nitrogen and oxygen atoms in total. The summed E-state index contributed by atoms with van der Waals surface area (Å²) >= 11 is 0. The molecule has 4 aromatic heterocycles. The van der Waals surface area contributed by atoms with Crippen LogP contribution in [0.25, 0.3) is 22.1 Å². The van der Waals surface area contributed by atoms with E-state index in [1.54, 1.807) is 45.8 Å². The molecule has 58 heavy (non-hydrogen) atoms. The fourth-order valence-corrected chi connectivity index (χ4v) is 7.61. The molecule has 2 aliphatic heterocycles. The molecule has 0 aliphatic carbocycles. The molecule has 2 atom stereocenters. The molecule has 2 N–H and O–H groups in total. The average Bonchev–Trinajstić information content (AvgIpc) is 4.00. The van der Waals surface area contributed by atoms with Crippen molar-refractivity contribution in [3.8, 4) is 11.5 Å². The summed E-state index contributed by atoms with van der Waals surface area (Å²) in [5.74, 6) is -0.309. The second kappa shape index (κ2) is 15.2. The van der Waals surface area contributed by atoms with Crippen LogP contribution in [0.1, 0.15) is 91.9 Å². The number of anilines is 2. The highest BCUT2D eigenvalue weighted by Crippen LogP contribution is 2.40. The topological polar surface area (TPSA) is 201 Å². The largest absolute Gasteiger partial charge is 0.489 e. The molecule has 6 heterocycles. The smallest absolute Gasteiger partial charge is 0.338 e. The molecule has 2 aliphatic rings. The molecule has 0 bridgehead atoms. The van der Waals surface area contributed by atoms with Gasteiger partial charge in [0, 0.05) is 13.1 Å². The molecule has 0 saturated carbocycles. The van der Waals surface area contributed by atoms with E-state index in [9.17, 15) is 19.2 Å². The van der Waals surface area contributed by atoms with Gasteiger partial charge in [-0.1, -0.05) is 12.2 Å². The highest BCUT2D eigenvalue weighted by molar-refractivity contribution is 6.05. The van der Waals surface area contributed by atoms with Gasteiger partial charge in [-0.3, -0.25) is 38.7 Å². The molecule has 8 rings (SSSR count). The third-order valence-corrected chi connectivity index (χ3v) is 10.2. The van der Waals surface area contributed by atoms with E-state index in [2.05, 4.69) is 20.8 Å². The highest BCUT2D eigenvalue weighted by atomic mass is 16.5. The first-order chi connectivity index (χ1) is 28.0. The Morgan fingerprint density at radius 3 is 1.48 bits per heavy atom. The number of hydrogen-bond donors (Lipinski definition) is 2. The number of nitrogens with one attached hydrogen (secondary N) is 2. The van der Waals surface area contributed by atoms with Crippen LogP contribution in [-0.4, -0.2) is 89.8 Å². The Kier molecular flexibility index (Phi) is 9.92. The zero-order valence-corrected chi connectivity index (χ0v) is 32.9. The fraction of sp³-hybridized carbons (Fsp3) is 0.350. The van der Waals surface area contributed by atoms with Crippen LogP contribution in [0.2, 0.25) is 0 Å². The number of aryl methyl sites for hydroxylation is 4. The van der Waals surface area contributed by atoms with Gasteiger partial charge in [0.1, 0.15) is 47.1 Å². The Hall–Kier alpha value is -6.98. The number of imidazole rings is 2. The third kappa shape index (κ3) is 6.69. The SMILES string of the molecule is CCn1nc(C)cc1C(=O)Nc1nc2cc(C(=O)OC)cc3c2n1[C@@H](C/C=C/C[C@H]1COc2cc(C(=O)OC)cc4nc(NC(=O)c5cc(C)nn5CC)n1c24)CO3. The maximum Gasteiger partial charge on any atom is 0.338 e.